The Kier molecular flexibility index (Phi) is 8.24. The van der Waals surface area contributed by atoms with Crippen molar-refractivity contribution in [1.29, 1.82) is 0 Å². The minimum absolute atomic E-state index is 0.0290. The van der Waals surface area contributed by atoms with Crippen LogP contribution in [-0.4, -0.2) is 82.2 Å². The van der Waals surface area contributed by atoms with Crippen molar-refractivity contribution in [2.75, 3.05) is 55.6 Å². The molecular weight excluding hydrogens is 452 g/mol. The topological polar surface area (TPSA) is 97.8 Å². The predicted molar refractivity (Wildman–Crippen MR) is 131 cm³/mol. The number of hydrogen-bond donors (Lipinski definition) is 1. The lowest BCUT2D eigenvalue weighted by Crippen LogP contribution is -2.32. The Morgan fingerprint density at radius 1 is 0.943 bits per heavy atom. The van der Waals surface area contributed by atoms with Crippen LogP contribution in [0.2, 0.25) is 0 Å². The van der Waals surface area contributed by atoms with Gasteiger partial charge in [-0.05, 0) is 51.3 Å². The van der Waals surface area contributed by atoms with Crippen molar-refractivity contribution in [2.45, 2.75) is 12.5 Å². The first-order valence-corrected chi connectivity index (χ1v) is 11.1. The van der Waals surface area contributed by atoms with Gasteiger partial charge in [-0.25, -0.2) is 0 Å². The maximum Gasteiger partial charge on any atom is 0.295 e. The second-order valence-electron chi connectivity index (χ2n) is 8.30. The van der Waals surface area contributed by atoms with E-state index in [1.54, 1.807) is 36.4 Å². The van der Waals surface area contributed by atoms with Gasteiger partial charge in [0.1, 0.15) is 5.76 Å². The van der Waals surface area contributed by atoms with E-state index in [2.05, 4.69) is 0 Å². The summed E-state index contributed by atoms with van der Waals surface area (Å²) in [5.41, 5.74) is 0.831. The van der Waals surface area contributed by atoms with Crippen molar-refractivity contribution < 1.29 is 33.6 Å². The summed E-state index contributed by atoms with van der Waals surface area (Å²) in [7, 11) is 9.87. The molecule has 0 unspecified atom stereocenters. The van der Waals surface area contributed by atoms with Gasteiger partial charge in [-0.15, -0.1) is 0 Å². The molecule has 0 spiro atoms. The average molecular weight is 485 g/mol. The fraction of sp³-hybridized carbons (Fsp3) is 0.385. The van der Waals surface area contributed by atoms with E-state index in [1.807, 2.05) is 19.0 Å². The lowest BCUT2D eigenvalue weighted by Gasteiger charge is -2.27. The van der Waals surface area contributed by atoms with Crippen LogP contribution in [0.3, 0.4) is 0 Å². The standard InChI is InChI=1S/C26H32N2O7/c1-27(2)13-8-14-28-22(17-9-7-10-19(33-4)25(17)35-6)21(24(30)26(28)31)23(29)16-11-12-18(32-3)20(15-16)34-5/h7,9-12,15,22,29H,8,13-14H2,1-6H3/b23-21+/t22-/m0/s1. The Labute approximate surface area is 205 Å². The largest absolute Gasteiger partial charge is 0.507 e. The first-order valence-electron chi connectivity index (χ1n) is 11.1. The van der Waals surface area contributed by atoms with E-state index < -0.39 is 17.7 Å². The highest BCUT2D eigenvalue weighted by Crippen LogP contribution is 2.46. The van der Waals surface area contributed by atoms with Gasteiger partial charge in [0.15, 0.2) is 23.0 Å². The molecule has 0 bridgehead atoms. The molecule has 1 N–H and O–H groups in total. The van der Waals surface area contributed by atoms with Crippen molar-refractivity contribution in [1.82, 2.24) is 9.80 Å². The van der Waals surface area contributed by atoms with Gasteiger partial charge in [0.05, 0.1) is 40.1 Å². The van der Waals surface area contributed by atoms with Crippen LogP contribution in [0, 0.1) is 0 Å². The Morgan fingerprint density at radius 3 is 2.23 bits per heavy atom. The van der Waals surface area contributed by atoms with E-state index in [1.165, 1.54) is 33.3 Å². The van der Waals surface area contributed by atoms with Gasteiger partial charge >= 0.3 is 0 Å². The minimum atomic E-state index is -0.865. The first-order chi connectivity index (χ1) is 16.8. The molecule has 0 aliphatic carbocycles. The van der Waals surface area contributed by atoms with E-state index in [0.717, 1.165) is 6.54 Å². The van der Waals surface area contributed by atoms with Crippen LogP contribution in [0.4, 0.5) is 0 Å². The summed E-state index contributed by atoms with van der Waals surface area (Å²) >= 11 is 0. The normalized spacial score (nSPS) is 17.1. The van der Waals surface area contributed by atoms with Gasteiger partial charge in [-0.3, -0.25) is 9.59 Å². The lowest BCUT2D eigenvalue weighted by atomic mass is 9.94. The number of amides is 1. The molecule has 1 fully saturated rings. The molecule has 3 rings (SSSR count). The van der Waals surface area contributed by atoms with E-state index in [0.29, 0.717) is 47.1 Å². The molecule has 35 heavy (non-hydrogen) atoms. The Bertz CT molecular complexity index is 1130. The summed E-state index contributed by atoms with van der Waals surface area (Å²) < 4.78 is 21.7. The molecule has 1 amide bonds. The SMILES string of the molecule is COc1ccc(/C(O)=C2\C(=O)C(=O)N(CCCN(C)C)[C@H]2c2cccc(OC)c2OC)cc1OC. The average Bonchev–Trinajstić information content (AvgIpc) is 3.11. The van der Waals surface area contributed by atoms with E-state index in [4.69, 9.17) is 18.9 Å². The first kappa shape index (κ1) is 25.9. The van der Waals surface area contributed by atoms with Crippen molar-refractivity contribution in [3.8, 4) is 23.0 Å². The highest BCUT2D eigenvalue weighted by atomic mass is 16.5. The number of aliphatic hydroxyl groups is 1. The Balaban J connectivity index is 2.22. The molecule has 1 aliphatic rings. The van der Waals surface area contributed by atoms with Gasteiger partial charge in [-0.1, -0.05) is 12.1 Å². The van der Waals surface area contributed by atoms with Crippen LogP contribution in [0.25, 0.3) is 5.76 Å². The second kappa shape index (κ2) is 11.1. The minimum Gasteiger partial charge on any atom is -0.507 e. The molecule has 2 aromatic carbocycles. The fourth-order valence-electron chi connectivity index (χ4n) is 4.26. The Hall–Kier alpha value is -3.72. The van der Waals surface area contributed by atoms with Crippen LogP contribution in [-0.2, 0) is 9.59 Å². The zero-order valence-corrected chi connectivity index (χ0v) is 21.0. The highest BCUT2D eigenvalue weighted by Gasteiger charge is 2.47. The molecule has 2 aromatic rings. The number of ether oxygens (including phenoxy) is 4. The van der Waals surface area contributed by atoms with Crippen molar-refractivity contribution in [3.05, 3.63) is 53.1 Å². The zero-order chi connectivity index (χ0) is 25.7. The summed E-state index contributed by atoms with van der Waals surface area (Å²) in [4.78, 5) is 30.0. The second-order valence-corrected chi connectivity index (χ2v) is 8.30. The molecular formula is C26H32N2O7. The Morgan fingerprint density at radius 2 is 1.63 bits per heavy atom. The molecule has 0 radical (unpaired) electrons. The van der Waals surface area contributed by atoms with Gasteiger partial charge in [-0.2, -0.15) is 0 Å². The summed E-state index contributed by atoms with van der Waals surface area (Å²) in [6, 6.07) is 9.18. The van der Waals surface area contributed by atoms with Gasteiger partial charge < -0.3 is 33.9 Å². The molecule has 0 saturated carbocycles. The summed E-state index contributed by atoms with van der Waals surface area (Å²) in [5.74, 6) is -0.0638. The number of rotatable bonds is 10. The third-order valence-corrected chi connectivity index (χ3v) is 5.93. The van der Waals surface area contributed by atoms with Crippen molar-refractivity contribution in [2.24, 2.45) is 0 Å². The van der Waals surface area contributed by atoms with E-state index in [-0.39, 0.29) is 11.3 Å². The zero-order valence-electron chi connectivity index (χ0n) is 21.0. The number of hydrogen-bond acceptors (Lipinski definition) is 8. The lowest BCUT2D eigenvalue weighted by molar-refractivity contribution is -0.140. The van der Waals surface area contributed by atoms with E-state index in [9.17, 15) is 14.7 Å². The number of carbonyl (C=O) groups is 2. The van der Waals surface area contributed by atoms with Crippen LogP contribution in [0.5, 0.6) is 23.0 Å². The smallest absolute Gasteiger partial charge is 0.295 e. The molecule has 1 heterocycles. The number of benzene rings is 2. The number of Topliss-reactive ketones (excluding diaryl/α,β-unsaturated/α-hetero) is 1. The summed E-state index contributed by atoms with van der Waals surface area (Å²) in [5, 5.41) is 11.3. The maximum atomic E-state index is 13.3. The number of nitrogens with zero attached hydrogens (tertiary/aromatic N) is 2. The number of likely N-dealkylation sites (tertiary alicyclic amines) is 1. The molecule has 0 aromatic heterocycles. The predicted octanol–water partition coefficient (Wildman–Crippen LogP) is 3.09. The third kappa shape index (κ3) is 5.05. The quantitative estimate of drug-likeness (QED) is 0.312. The number of aliphatic hydroxyl groups excluding tert-OH is 1. The van der Waals surface area contributed by atoms with Crippen molar-refractivity contribution in [3.63, 3.8) is 0 Å². The van der Waals surface area contributed by atoms with Gasteiger partial charge in [0, 0.05) is 17.7 Å². The molecule has 1 atom stereocenters. The number of ketones is 1. The number of para-hydroxylation sites is 1. The molecule has 1 aliphatic heterocycles. The van der Waals surface area contributed by atoms with E-state index >= 15 is 0 Å². The fourth-order valence-corrected chi connectivity index (χ4v) is 4.26. The number of methoxy groups -OCH3 is 4. The molecule has 9 heteroatoms. The third-order valence-electron chi connectivity index (χ3n) is 5.93. The summed E-state index contributed by atoms with van der Waals surface area (Å²) in [6.45, 7) is 1.04. The van der Waals surface area contributed by atoms with Crippen LogP contribution >= 0.6 is 0 Å². The molecule has 1 saturated heterocycles. The van der Waals surface area contributed by atoms with Crippen LogP contribution in [0.1, 0.15) is 23.6 Å². The highest BCUT2D eigenvalue weighted by molar-refractivity contribution is 6.46. The van der Waals surface area contributed by atoms with Crippen LogP contribution in [0.15, 0.2) is 42.0 Å². The maximum absolute atomic E-state index is 13.3. The summed E-state index contributed by atoms with van der Waals surface area (Å²) in [6.07, 6.45) is 0.638. The monoisotopic (exact) mass is 484 g/mol. The van der Waals surface area contributed by atoms with Gasteiger partial charge in [0.25, 0.3) is 11.7 Å². The van der Waals surface area contributed by atoms with Crippen LogP contribution < -0.4 is 18.9 Å². The molecule has 9 nitrogen and oxygen atoms in total. The van der Waals surface area contributed by atoms with Gasteiger partial charge in [0.2, 0.25) is 0 Å². The van der Waals surface area contributed by atoms with Crippen molar-refractivity contribution >= 4 is 17.4 Å². The number of carbonyl (C=O) groups excluding carboxylic acids is 2. The molecule has 188 valence electrons.